The molecule has 5 nitrogen and oxygen atoms in total. The molecule has 1 aromatic carbocycles. The molecule has 19 heavy (non-hydrogen) atoms. The van der Waals surface area contributed by atoms with Crippen LogP contribution in [0, 0.1) is 0 Å². The van der Waals surface area contributed by atoms with E-state index in [0.29, 0.717) is 25.2 Å². The van der Waals surface area contributed by atoms with Crippen LogP contribution in [0.1, 0.15) is 10.4 Å². The Kier molecular flexibility index (Phi) is 4.16. The lowest BCUT2D eigenvalue weighted by atomic mass is 10.1. The van der Waals surface area contributed by atoms with Gasteiger partial charge in [-0.15, -0.1) is 0 Å². The van der Waals surface area contributed by atoms with E-state index in [1.54, 1.807) is 19.0 Å². The Morgan fingerprint density at radius 3 is 2.74 bits per heavy atom. The van der Waals surface area contributed by atoms with E-state index in [2.05, 4.69) is 5.32 Å². The molecule has 102 valence electrons. The van der Waals surface area contributed by atoms with Gasteiger partial charge in [0.1, 0.15) is 0 Å². The number of benzene rings is 1. The molecule has 2 rings (SSSR count). The van der Waals surface area contributed by atoms with Crippen molar-refractivity contribution in [2.45, 2.75) is 0 Å². The number of nitrogens with zero attached hydrogens (tertiary/aromatic N) is 2. The summed E-state index contributed by atoms with van der Waals surface area (Å²) in [5, 5.41) is 2.87. The molecule has 1 aromatic rings. The van der Waals surface area contributed by atoms with Gasteiger partial charge < -0.3 is 15.1 Å². The van der Waals surface area contributed by atoms with Crippen molar-refractivity contribution < 1.29 is 9.59 Å². The van der Waals surface area contributed by atoms with Crippen LogP contribution in [0.25, 0.3) is 0 Å². The smallest absolute Gasteiger partial charge is 0.241 e. The highest BCUT2D eigenvalue weighted by Gasteiger charge is 2.23. The molecule has 5 heteroatoms. The Morgan fingerprint density at radius 2 is 2.05 bits per heavy atom. The molecular formula is C14H19N3O2. The lowest BCUT2D eigenvalue weighted by molar-refractivity contribution is -0.129. The van der Waals surface area contributed by atoms with E-state index in [4.69, 9.17) is 0 Å². The maximum absolute atomic E-state index is 12.1. The van der Waals surface area contributed by atoms with E-state index in [0.717, 1.165) is 12.2 Å². The third-order valence-electron chi connectivity index (χ3n) is 3.34. The van der Waals surface area contributed by atoms with Crippen molar-refractivity contribution in [1.29, 1.82) is 0 Å². The first-order valence-corrected chi connectivity index (χ1v) is 6.39. The first kappa shape index (κ1) is 13.5. The molecule has 0 saturated carbocycles. The monoisotopic (exact) mass is 261 g/mol. The zero-order chi connectivity index (χ0) is 13.8. The molecule has 1 amide bonds. The summed E-state index contributed by atoms with van der Waals surface area (Å²) < 4.78 is 0. The quantitative estimate of drug-likeness (QED) is 0.796. The summed E-state index contributed by atoms with van der Waals surface area (Å²) in [6, 6.07) is 7.47. The number of para-hydroxylation sites is 1. The highest BCUT2D eigenvalue weighted by Crippen LogP contribution is 2.22. The number of ketones is 1. The largest absolute Gasteiger partial charge is 0.360 e. The van der Waals surface area contributed by atoms with E-state index in [1.165, 1.54) is 0 Å². The molecule has 0 spiro atoms. The molecule has 1 fully saturated rings. The van der Waals surface area contributed by atoms with Crippen LogP contribution in [0.15, 0.2) is 24.3 Å². The summed E-state index contributed by atoms with van der Waals surface area (Å²) in [7, 11) is 3.55. The fraction of sp³-hybridized carbons (Fsp3) is 0.429. The van der Waals surface area contributed by atoms with Gasteiger partial charge in [-0.25, -0.2) is 0 Å². The molecule has 0 atom stereocenters. The summed E-state index contributed by atoms with van der Waals surface area (Å²) in [6.45, 7) is 2.08. The zero-order valence-corrected chi connectivity index (χ0v) is 11.3. The van der Waals surface area contributed by atoms with Crippen LogP contribution < -0.4 is 10.2 Å². The van der Waals surface area contributed by atoms with Crippen LogP contribution in [0.5, 0.6) is 0 Å². The van der Waals surface area contributed by atoms with Crippen molar-refractivity contribution in [1.82, 2.24) is 10.2 Å². The summed E-state index contributed by atoms with van der Waals surface area (Å²) >= 11 is 0. The Hall–Kier alpha value is -1.88. The van der Waals surface area contributed by atoms with Crippen molar-refractivity contribution in [3.8, 4) is 0 Å². The molecular weight excluding hydrogens is 242 g/mol. The number of hydrogen-bond donors (Lipinski definition) is 1. The second-order valence-corrected chi connectivity index (χ2v) is 4.71. The topological polar surface area (TPSA) is 52.7 Å². The number of rotatable bonds is 4. The summed E-state index contributed by atoms with van der Waals surface area (Å²) in [6.07, 6.45) is 0. The van der Waals surface area contributed by atoms with Crippen molar-refractivity contribution in [3.05, 3.63) is 29.8 Å². The van der Waals surface area contributed by atoms with Crippen molar-refractivity contribution in [2.75, 3.05) is 45.2 Å². The molecule has 1 heterocycles. The average molecular weight is 261 g/mol. The van der Waals surface area contributed by atoms with Crippen molar-refractivity contribution >= 4 is 17.4 Å². The highest BCUT2D eigenvalue weighted by atomic mass is 16.2. The second-order valence-electron chi connectivity index (χ2n) is 4.71. The second kappa shape index (κ2) is 5.84. The Morgan fingerprint density at radius 1 is 1.32 bits per heavy atom. The average Bonchev–Trinajstić information content (AvgIpc) is 2.42. The van der Waals surface area contributed by atoms with Crippen molar-refractivity contribution in [2.24, 2.45) is 0 Å². The predicted octanol–water partition coefficient (Wildman–Crippen LogP) is 0.367. The molecule has 1 saturated heterocycles. The van der Waals surface area contributed by atoms with Gasteiger partial charge in [0.2, 0.25) is 5.91 Å². The maximum atomic E-state index is 12.1. The maximum Gasteiger partial charge on any atom is 0.241 e. The lowest BCUT2D eigenvalue weighted by Crippen LogP contribution is -2.49. The van der Waals surface area contributed by atoms with E-state index in [1.807, 2.05) is 29.2 Å². The summed E-state index contributed by atoms with van der Waals surface area (Å²) in [5.41, 5.74) is 1.53. The van der Waals surface area contributed by atoms with Crippen LogP contribution in [0.4, 0.5) is 5.69 Å². The van der Waals surface area contributed by atoms with E-state index in [9.17, 15) is 9.59 Å². The number of hydrogen-bond acceptors (Lipinski definition) is 4. The van der Waals surface area contributed by atoms with Crippen LogP contribution in [-0.2, 0) is 4.79 Å². The molecule has 1 aliphatic rings. The van der Waals surface area contributed by atoms with Crippen LogP contribution in [0.3, 0.4) is 0 Å². The first-order chi connectivity index (χ1) is 9.13. The van der Waals surface area contributed by atoms with Gasteiger partial charge in [-0.2, -0.15) is 0 Å². The van der Waals surface area contributed by atoms with Gasteiger partial charge >= 0.3 is 0 Å². The van der Waals surface area contributed by atoms with Crippen molar-refractivity contribution in [3.63, 3.8) is 0 Å². The van der Waals surface area contributed by atoms with E-state index >= 15 is 0 Å². The minimum atomic E-state index is 0.0458. The number of carbonyl (C=O) groups is 2. The van der Waals surface area contributed by atoms with Crippen LogP contribution >= 0.6 is 0 Å². The molecule has 0 aromatic heterocycles. The van der Waals surface area contributed by atoms with E-state index < -0.39 is 0 Å². The number of Topliss-reactive ketones (excluding diaryl/α,β-unsaturated/α-hetero) is 1. The summed E-state index contributed by atoms with van der Waals surface area (Å²) in [5.74, 6) is 0.131. The Balaban J connectivity index is 2.25. The third-order valence-corrected chi connectivity index (χ3v) is 3.34. The zero-order valence-electron chi connectivity index (χ0n) is 11.3. The minimum Gasteiger partial charge on any atom is -0.360 e. The number of nitrogens with one attached hydrogen (secondary N) is 1. The summed E-state index contributed by atoms with van der Waals surface area (Å²) in [4.78, 5) is 27.5. The molecule has 0 bridgehead atoms. The predicted molar refractivity (Wildman–Crippen MR) is 74.5 cm³/mol. The Labute approximate surface area is 113 Å². The number of likely N-dealkylation sites (N-methyl/N-ethyl adjacent to an activating group) is 2. The van der Waals surface area contributed by atoms with Gasteiger partial charge in [-0.1, -0.05) is 12.1 Å². The SMILES string of the molecule is CNCC(=O)c1ccccc1N1CCN(C)C(=O)C1. The fourth-order valence-corrected chi connectivity index (χ4v) is 2.21. The molecule has 0 radical (unpaired) electrons. The number of carbonyl (C=O) groups excluding carboxylic acids is 2. The fourth-order valence-electron chi connectivity index (χ4n) is 2.21. The number of amides is 1. The molecule has 0 aliphatic carbocycles. The molecule has 0 unspecified atom stereocenters. The molecule has 1 aliphatic heterocycles. The third kappa shape index (κ3) is 2.93. The normalized spacial score (nSPS) is 15.8. The van der Waals surface area contributed by atoms with Crippen LogP contribution in [-0.4, -0.2) is 56.9 Å². The number of piperazine rings is 1. The van der Waals surface area contributed by atoms with Gasteiger partial charge in [-0.05, 0) is 19.2 Å². The van der Waals surface area contributed by atoms with Gasteiger partial charge in [0.15, 0.2) is 5.78 Å². The van der Waals surface area contributed by atoms with Gasteiger partial charge in [-0.3, -0.25) is 9.59 Å². The molecule has 1 N–H and O–H groups in total. The Bertz CT molecular complexity index is 487. The lowest BCUT2D eigenvalue weighted by Gasteiger charge is -2.34. The van der Waals surface area contributed by atoms with E-state index in [-0.39, 0.29) is 11.7 Å². The van der Waals surface area contributed by atoms with Gasteiger partial charge in [0, 0.05) is 31.4 Å². The minimum absolute atomic E-state index is 0.0458. The number of anilines is 1. The van der Waals surface area contributed by atoms with Gasteiger partial charge in [0.25, 0.3) is 0 Å². The highest BCUT2D eigenvalue weighted by molar-refractivity contribution is 6.03. The van der Waals surface area contributed by atoms with Crippen LogP contribution in [0.2, 0.25) is 0 Å². The standard InChI is InChI=1S/C14H19N3O2/c1-15-9-13(18)11-5-3-4-6-12(11)17-8-7-16(2)14(19)10-17/h3-6,15H,7-10H2,1-2H3. The first-order valence-electron chi connectivity index (χ1n) is 6.39. The van der Waals surface area contributed by atoms with Gasteiger partial charge in [0.05, 0.1) is 13.1 Å².